The molecule has 0 N–H and O–H groups in total. The molecule has 2 heteroatoms. The van der Waals surface area contributed by atoms with E-state index in [1.54, 1.807) is 11.1 Å². The Kier molecular flexibility index (Phi) is 15.9. The summed E-state index contributed by atoms with van der Waals surface area (Å²) in [6, 6.07) is 96.8. The van der Waals surface area contributed by atoms with Crippen molar-refractivity contribution in [3.05, 3.63) is 298 Å². The van der Waals surface area contributed by atoms with E-state index < -0.39 is 0 Å². The van der Waals surface area contributed by atoms with Gasteiger partial charge in [0, 0.05) is 67.4 Å². The fraction of sp³-hybridized carbons (Fsp3) is 0.266. The van der Waals surface area contributed by atoms with E-state index in [0.29, 0.717) is 0 Å². The predicted molar refractivity (Wildman–Crippen MR) is 481 cm³/mol. The summed E-state index contributed by atoms with van der Waals surface area (Å²) < 4.78 is 5.40. The molecular formula is C109H98S2. The molecule has 16 aromatic rings. The maximum atomic E-state index is 2.82. The third-order valence-electron chi connectivity index (χ3n) is 28.3. The second-order valence-corrected chi connectivity index (χ2v) is 38.1. The normalized spacial score (nSPS) is 15.6. The van der Waals surface area contributed by atoms with Crippen LogP contribution in [0.2, 0.25) is 0 Å². The average molecular weight is 1470 g/mol. The second kappa shape index (κ2) is 25.5. The van der Waals surface area contributed by atoms with Crippen molar-refractivity contribution in [2.45, 2.75) is 186 Å². The summed E-state index contributed by atoms with van der Waals surface area (Å²) in [5.74, 6) is 0. The van der Waals surface area contributed by atoms with Crippen LogP contribution in [0, 0.1) is 0 Å². The van der Waals surface area contributed by atoms with Gasteiger partial charge in [0.1, 0.15) is 0 Å². The van der Waals surface area contributed by atoms with E-state index in [-0.39, 0.29) is 27.1 Å². The Balaban J connectivity index is 0.670. The standard InChI is InChI=1S/C109H98S2/c1-11-13-15-17-19-29-51-109(52-30-20-18-16-14-12-2)95-63-87-93(107(7,8)97-59-83(71-31-21-23-35-81(71)103(87)97)69-43-47-75-73-45-39-65(53-89(73)105(3,4)91(75)55-69)67-41-49-79-77-33-25-27-37-99(77)110-101(79)57-67)61-85(95)86-62-94-88(64-96(86)109)104-82-36-24-22-32-72(82)84(60-98(104)108(94,9)10)70-44-48-76-74-46-40-66(54-90(74)106(5,6)92(76)56-70)68-42-50-80-78-34-26-28-38-100(78)111-102(80)58-68/h21-28,31-50,53-64H,11-20,29-30,51-52H2,1-10H3. The zero-order chi connectivity index (χ0) is 75.2. The highest BCUT2D eigenvalue weighted by Crippen LogP contribution is 2.65. The highest BCUT2D eigenvalue weighted by molar-refractivity contribution is 7.26. The molecule has 0 saturated carbocycles. The average Bonchev–Trinajstić information content (AvgIpc) is 1.51. The molecule has 5 aliphatic rings. The van der Waals surface area contributed by atoms with Gasteiger partial charge in [-0.2, -0.15) is 0 Å². The van der Waals surface area contributed by atoms with Crippen molar-refractivity contribution < 1.29 is 0 Å². The molecule has 21 rings (SSSR count). The van der Waals surface area contributed by atoms with Crippen LogP contribution in [0.25, 0.3) is 162 Å². The molecule has 5 aliphatic carbocycles. The van der Waals surface area contributed by atoms with E-state index in [9.17, 15) is 0 Å². The summed E-state index contributed by atoms with van der Waals surface area (Å²) in [5, 5.41) is 10.8. The van der Waals surface area contributed by atoms with Crippen molar-refractivity contribution in [1.29, 1.82) is 0 Å². The number of hydrogen-bond donors (Lipinski definition) is 0. The third kappa shape index (κ3) is 10.3. The van der Waals surface area contributed by atoms with E-state index >= 15 is 0 Å². The molecule has 2 aromatic heterocycles. The fourth-order valence-corrected chi connectivity index (χ4v) is 24.5. The van der Waals surface area contributed by atoms with Gasteiger partial charge in [0.15, 0.2) is 0 Å². The molecule has 0 atom stereocenters. The van der Waals surface area contributed by atoms with Gasteiger partial charge in [0.25, 0.3) is 0 Å². The molecule has 0 unspecified atom stereocenters. The summed E-state index contributed by atoms with van der Waals surface area (Å²) in [5.41, 5.74) is 38.2. The lowest BCUT2D eigenvalue weighted by molar-refractivity contribution is 0.398. The Morgan fingerprint density at radius 2 is 0.495 bits per heavy atom. The Hall–Kier alpha value is -9.96. The maximum Gasteiger partial charge on any atom is 0.0361 e. The van der Waals surface area contributed by atoms with E-state index in [4.69, 9.17) is 0 Å². The summed E-state index contributed by atoms with van der Waals surface area (Å²) in [6.45, 7) is 24.8. The van der Waals surface area contributed by atoms with Gasteiger partial charge in [-0.15, -0.1) is 22.7 Å². The monoisotopic (exact) mass is 1470 g/mol. The van der Waals surface area contributed by atoms with E-state index in [1.165, 1.54) is 296 Å². The van der Waals surface area contributed by atoms with Gasteiger partial charge < -0.3 is 0 Å². The molecule has 2 heterocycles. The largest absolute Gasteiger partial charge is 0.135 e. The zero-order valence-corrected chi connectivity index (χ0v) is 67.9. The van der Waals surface area contributed by atoms with Crippen molar-refractivity contribution in [3.63, 3.8) is 0 Å². The molecule has 14 aromatic carbocycles. The number of fused-ring (bicyclic) bond motifs is 25. The fourth-order valence-electron chi connectivity index (χ4n) is 22.2. The minimum atomic E-state index is -0.264. The molecule has 0 radical (unpaired) electrons. The predicted octanol–water partition coefficient (Wildman–Crippen LogP) is 32.4. The van der Waals surface area contributed by atoms with Gasteiger partial charge >= 0.3 is 0 Å². The smallest absolute Gasteiger partial charge is 0.0361 e. The number of thiophene rings is 2. The minimum absolute atomic E-state index is 0.139. The number of benzene rings is 14. The maximum absolute atomic E-state index is 2.82. The van der Waals surface area contributed by atoms with Crippen LogP contribution in [0.1, 0.15) is 215 Å². The molecule has 0 amide bonds. The molecule has 546 valence electrons. The summed E-state index contributed by atoms with van der Waals surface area (Å²) in [4.78, 5) is 0. The van der Waals surface area contributed by atoms with Crippen LogP contribution in [-0.2, 0) is 27.1 Å². The Morgan fingerprint density at radius 1 is 0.207 bits per heavy atom. The van der Waals surface area contributed by atoms with Gasteiger partial charge in [0.05, 0.1) is 0 Å². The lowest BCUT2D eigenvalue weighted by Gasteiger charge is -2.34. The number of unbranched alkanes of at least 4 members (excludes halogenated alkanes) is 10. The molecule has 0 bridgehead atoms. The first-order valence-corrected chi connectivity index (χ1v) is 43.5. The van der Waals surface area contributed by atoms with Crippen LogP contribution in [0.3, 0.4) is 0 Å². The minimum Gasteiger partial charge on any atom is -0.135 e. The van der Waals surface area contributed by atoms with Gasteiger partial charge in [-0.1, -0.05) is 304 Å². The van der Waals surface area contributed by atoms with Gasteiger partial charge in [-0.3, -0.25) is 0 Å². The Bertz CT molecular complexity index is 6220. The van der Waals surface area contributed by atoms with Crippen molar-refractivity contribution in [3.8, 4) is 100 Å². The summed E-state index contributed by atoms with van der Waals surface area (Å²) in [7, 11) is 0. The lowest BCUT2D eigenvalue weighted by Crippen LogP contribution is -2.26. The van der Waals surface area contributed by atoms with E-state index in [2.05, 4.69) is 312 Å². The van der Waals surface area contributed by atoms with Crippen LogP contribution >= 0.6 is 22.7 Å². The van der Waals surface area contributed by atoms with E-state index in [0.717, 1.165) is 0 Å². The van der Waals surface area contributed by atoms with Crippen LogP contribution in [0.15, 0.2) is 243 Å². The van der Waals surface area contributed by atoms with E-state index in [1.807, 2.05) is 22.7 Å². The van der Waals surface area contributed by atoms with Crippen molar-refractivity contribution in [2.75, 3.05) is 0 Å². The van der Waals surface area contributed by atoms with Crippen LogP contribution < -0.4 is 0 Å². The van der Waals surface area contributed by atoms with Crippen molar-refractivity contribution in [1.82, 2.24) is 0 Å². The zero-order valence-electron chi connectivity index (χ0n) is 66.3. The third-order valence-corrected chi connectivity index (χ3v) is 30.5. The quantitative estimate of drug-likeness (QED) is 0.0751. The molecule has 0 aliphatic heterocycles. The van der Waals surface area contributed by atoms with Gasteiger partial charge in [-0.05, 0) is 275 Å². The van der Waals surface area contributed by atoms with Gasteiger partial charge in [0.2, 0.25) is 0 Å². The van der Waals surface area contributed by atoms with Gasteiger partial charge in [-0.25, -0.2) is 0 Å². The first kappa shape index (κ1) is 69.0. The highest BCUT2D eigenvalue weighted by Gasteiger charge is 2.49. The Labute approximate surface area is 664 Å². The molecule has 0 saturated heterocycles. The molecular weight excluding hydrogens is 1370 g/mol. The van der Waals surface area contributed by atoms with Crippen LogP contribution in [-0.4, -0.2) is 0 Å². The van der Waals surface area contributed by atoms with Crippen molar-refractivity contribution in [2.24, 2.45) is 0 Å². The second-order valence-electron chi connectivity index (χ2n) is 35.9. The summed E-state index contributed by atoms with van der Waals surface area (Å²) >= 11 is 3.81. The lowest BCUT2D eigenvalue weighted by atomic mass is 9.69. The molecule has 0 fully saturated rings. The number of rotatable bonds is 18. The topological polar surface area (TPSA) is 0 Å². The molecule has 0 nitrogen and oxygen atoms in total. The first-order chi connectivity index (χ1) is 53.9. The summed E-state index contributed by atoms with van der Waals surface area (Å²) in [6.07, 6.45) is 17.8. The first-order valence-electron chi connectivity index (χ1n) is 41.9. The van der Waals surface area contributed by atoms with Crippen LogP contribution in [0.4, 0.5) is 0 Å². The highest BCUT2D eigenvalue weighted by atomic mass is 32.1. The Morgan fingerprint density at radius 3 is 0.901 bits per heavy atom. The number of hydrogen-bond acceptors (Lipinski definition) is 2. The molecule has 0 spiro atoms. The van der Waals surface area contributed by atoms with Crippen LogP contribution in [0.5, 0.6) is 0 Å². The van der Waals surface area contributed by atoms with Crippen molar-refractivity contribution >= 4 is 84.6 Å². The SMILES string of the molecule is CCCCCCCCC1(CCCCCCCC)c2cc3c(cc2-c2cc4c(cc21)-c1c(cc(-c2ccc5c(c2)C(C)(C)c2cc(-c6ccc7c(c6)sc6ccccc67)ccc2-5)c2ccccc12)C4(C)C)C(C)(C)c1cc(-c2ccc4c(c2)C(C)(C)c2cc(-c5ccc6c(c5)sc5ccccc56)ccc2-4)c2ccccc2c1-3. The molecule has 111 heavy (non-hydrogen) atoms.